The first-order valence-electron chi connectivity index (χ1n) is 12.5. The van der Waals surface area contributed by atoms with Crippen LogP contribution in [0, 0.1) is 0 Å². The molecule has 0 saturated heterocycles. The average molecular weight is 494 g/mol. The number of methoxy groups -OCH3 is 2. The lowest BCUT2D eigenvalue weighted by Crippen LogP contribution is -2.26. The summed E-state index contributed by atoms with van der Waals surface area (Å²) < 4.78 is 10.7. The van der Waals surface area contributed by atoms with E-state index >= 15 is 0 Å². The molecule has 37 heavy (non-hydrogen) atoms. The molecule has 3 aromatic carbocycles. The van der Waals surface area contributed by atoms with Gasteiger partial charge in [0.2, 0.25) is 0 Å². The van der Waals surface area contributed by atoms with Crippen molar-refractivity contribution < 1.29 is 14.3 Å². The molecule has 5 aromatic rings. The van der Waals surface area contributed by atoms with Gasteiger partial charge in [0.1, 0.15) is 5.69 Å². The molecule has 0 aliphatic heterocycles. The van der Waals surface area contributed by atoms with Crippen LogP contribution in [0.15, 0.2) is 72.8 Å². The number of pyridine rings is 1. The van der Waals surface area contributed by atoms with Gasteiger partial charge in [0.15, 0.2) is 11.5 Å². The zero-order chi connectivity index (χ0) is 25.9. The predicted octanol–water partition coefficient (Wildman–Crippen LogP) is 6.50. The summed E-state index contributed by atoms with van der Waals surface area (Å²) >= 11 is 0. The van der Waals surface area contributed by atoms with Crippen molar-refractivity contribution in [3.05, 3.63) is 89.6 Å². The molecule has 0 atom stereocenters. The highest BCUT2D eigenvalue weighted by molar-refractivity contribution is 6.13. The van der Waals surface area contributed by atoms with Crippen LogP contribution in [0.25, 0.3) is 33.1 Å². The van der Waals surface area contributed by atoms with Crippen LogP contribution >= 0.6 is 0 Å². The molecule has 2 heterocycles. The highest BCUT2D eigenvalue weighted by Gasteiger charge is 2.17. The zero-order valence-electron chi connectivity index (χ0n) is 21.6. The Hall–Kier alpha value is -4.32. The number of carbonyl (C=O) groups excluding carboxylic acids is 1. The molecule has 0 spiro atoms. The zero-order valence-corrected chi connectivity index (χ0v) is 21.6. The van der Waals surface area contributed by atoms with Gasteiger partial charge in [-0.15, -0.1) is 0 Å². The van der Waals surface area contributed by atoms with Gasteiger partial charge in [-0.2, -0.15) is 0 Å². The highest BCUT2D eigenvalue weighted by Crippen LogP contribution is 2.33. The van der Waals surface area contributed by atoms with Crippen molar-refractivity contribution in [2.24, 2.45) is 0 Å². The van der Waals surface area contributed by atoms with E-state index in [0.29, 0.717) is 36.1 Å². The van der Waals surface area contributed by atoms with E-state index in [1.165, 1.54) is 5.56 Å². The number of nitrogens with one attached hydrogen (secondary N) is 2. The van der Waals surface area contributed by atoms with Crippen molar-refractivity contribution in [3.63, 3.8) is 0 Å². The maximum atomic E-state index is 13.3. The van der Waals surface area contributed by atoms with Crippen molar-refractivity contribution in [2.75, 3.05) is 20.8 Å². The first kappa shape index (κ1) is 24.4. The number of nitrogens with zero attached hydrogens (tertiary/aromatic N) is 1. The second-order valence-electron chi connectivity index (χ2n) is 9.42. The van der Waals surface area contributed by atoms with E-state index in [2.05, 4.69) is 54.5 Å². The minimum Gasteiger partial charge on any atom is -0.493 e. The van der Waals surface area contributed by atoms with Crippen molar-refractivity contribution >= 4 is 27.7 Å². The molecule has 0 fully saturated rings. The quantitative estimate of drug-likeness (QED) is 0.259. The van der Waals surface area contributed by atoms with E-state index in [1.807, 2.05) is 42.5 Å². The Morgan fingerprint density at radius 3 is 2.41 bits per heavy atom. The molecule has 5 rings (SSSR count). The summed E-state index contributed by atoms with van der Waals surface area (Å²) in [5.74, 6) is 1.59. The molecule has 0 aliphatic rings. The summed E-state index contributed by atoms with van der Waals surface area (Å²) in [6.45, 7) is 4.83. The number of hydrogen-bond acceptors (Lipinski definition) is 4. The Balaban J connectivity index is 1.45. The number of carbonyl (C=O) groups is 1. The van der Waals surface area contributed by atoms with Crippen molar-refractivity contribution in [1.82, 2.24) is 15.3 Å². The fraction of sp³-hybridized carbons (Fsp3) is 0.226. The normalized spacial score (nSPS) is 11.3. The molecule has 0 radical (unpaired) electrons. The first-order chi connectivity index (χ1) is 18.0. The van der Waals surface area contributed by atoms with Crippen LogP contribution in [0.1, 0.15) is 41.4 Å². The number of aromatic amines is 1. The maximum absolute atomic E-state index is 13.3. The minimum atomic E-state index is -0.201. The Morgan fingerprint density at radius 2 is 1.68 bits per heavy atom. The maximum Gasteiger partial charge on any atom is 0.269 e. The van der Waals surface area contributed by atoms with Crippen LogP contribution in [0.4, 0.5) is 0 Å². The lowest BCUT2D eigenvalue weighted by molar-refractivity contribution is 0.0949. The van der Waals surface area contributed by atoms with Gasteiger partial charge >= 0.3 is 0 Å². The number of hydrogen-bond donors (Lipinski definition) is 2. The third-order valence-electron chi connectivity index (χ3n) is 6.73. The van der Waals surface area contributed by atoms with Crippen LogP contribution < -0.4 is 14.8 Å². The second kappa shape index (κ2) is 10.3. The Labute approximate surface area is 216 Å². The number of amides is 1. The van der Waals surface area contributed by atoms with Gasteiger partial charge in [0.05, 0.1) is 25.4 Å². The van der Waals surface area contributed by atoms with E-state index in [0.717, 1.165) is 38.6 Å². The van der Waals surface area contributed by atoms with Crippen LogP contribution in [-0.4, -0.2) is 36.6 Å². The SMILES string of the molecule is COc1ccc(CCNC(=O)c2cc3c([nH]c4ccccc43)c(-c3ccc(C(C)C)cc3)n2)cc1OC. The summed E-state index contributed by atoms with van der Waals surface area (Å²) in [6, 6.07) is 24.2. The van der Waals surface area contributed by atoms with Gasteiger partial charge in [-0.1, -0.05) is 62.4 Å². The van der Waals surface area contributed by atoms with Crippen molar-refractivity contribution in [3.8, 4) is 22.8 Å². The highest BCUT2D eigenvalue weighted by atomic mass is 16.5. The number of benzene rings is 3. The first-order valence-corrected chi connectivity index (χ1v) is 12.5. The molecular weight excluding hydrogens is 462 g/mol. The standard InChI is InChI=1S/C31H31N3O3/c1-19(2)21-10-12-22(13-11-21)29-30-24(23-7-5-6-8-25(23)33-30)18-26(34-29)31(35)32-16-15-20-9-14-27(36-3)28(17-20)37-4/h5-14,17-19,33H,15-16H2,1-4H3,(H,32,35). The van der Waals surface area contributed by atoms with Crippen molar-refractivity contribution in [1.29, 1.82) is 0 Å². The van der Waals surface area contributed by atoms with Gasteiger partial charge in [0, 0.05) is 28.4 Å². The van der Waals surface area contributed by atoms with Crippen molar-refractivity contribution in [2.45, 2.75) is 26.2 Å². The van der Waals surface area contributed by atoms with E-state index in [4.69, 9.17) is 14.5 Å². The van der Waals surface area contributed by atoms with Gasteiger partial charge in [-0.05, 0) is 47.7 Å². The lowest BCUT2D eigenvalue weighted by atomic mass is 9.99. The van der Waals surface area contributed by atoms with E-state index in [-0.39, 0.29) is 5.91 Å². The van der Waals surface area contributed by atoms with Crippen LogP contribution in [0.5, 0.6) is 11.5 Å². The molecule has 0 aliphatic carbocycles. The monoisotopic (exact) mass is 493 g/mol. The molecule has 0 unspecified atom stereocenters. The average Bonchev–Trinajstić information content (AvgIpc) is 3.31. The van der Waals surface area contributed by atoms with Gasteiger partial charge in [0.25, 0.3) is 5.91 Å². The predicted molar refractivity (Wildman–Crippen MR) is 149 cm³/mol. The number of aromatic nitrogens is 2. The Kier molecular flexibility index (Phi) is 6.82. The fourth-order valence-corrected chi connectivity index (χ4v) is 4.64. The molecule has 6 heteroatoms. The number of ether oxygens (including phenoxy) is 2. The topological polar surface area (TPSA) is 76.2 Å². The number of para-hydroxylation sites is 1. The molecular formula is C31H31N3O3. The molecule has 0 bridgehead atoms. The number of rotatable bonds is 8. The largest absolute Gasteiger partial charge is 0.493 e. The summed E-state index contributed by atoms with van der Waals surface area (Å²) in [5, 5.41) is 5.09. The summed E-state index contributed by atoms with van der Waals surface area (Å²) in [7, 11) is 3.23. The lowest BCUT2D eigenvalue weighted by Gasteiger charge is -2.11. The van der Waals surface area contributed by atoms with Gasteiger partial charge in [-0.3, -0.25) is 4.79 Å². The van der Waals surface area contributed by atoms with E-state index in [9.17, 15) is 4.79 Å². The van der Waals surface area contributed by atoms with E-state index < -0.39 is 0 Å². The van der Waals surface area contributed by atoms with Crippen LogP contribution in [0.3, 0.4) is 0 Å². The molecule has 1 amide bonds. The number of fused-ring (bicyclic) bond motifs is 3. The molecule has 2 aromatic heterocycles. The fourth-order valence-electron chi connectivity index (χ4n) is 4.64. The summed E-state index contributed by atoms with van der Waals surface area (Å²) in [5.41, 5.74) is 6.40. The smallest absolute Gasteiger partial charge is 0.269 e. The van der Waals surface area contributed by atoms with Gasteiger partial charge < -0.3 is 19.8 Å². The Morgan fingerprint density at radius 1 is 0.919 bits per heavy atom. The number of H-pyrrole nitrogens is 1. The van der Waals surface area contributed by atoms with Gasteiger partial charge in [-0.25, -0.2) is 4.98 Å². The molecule has 6 nitrogen and oxygen atoms in total. The summed E-state index contributed by atoms with van der Waals surface area (Å²) in [4.78, 5) is 21.6. The second-order valence-corrected chi connectivity index (χ2v) is 9.42. The minimum absolute atomic E-state index is 0.201. The summed E-state index contributed by atoms with van der Waals surface area (Å²) in [6.07, 6.45) is 0.658. The third kappa shape index (κ3) is 4.87. The molecule has 188 valence electrons. The Bertz CT molecular complexity index is 1570. The third-order valence-corrected chi connectivity index (χ3v) is 6.73. The van der Waals surface area contributed by atoms with E-state index in [1.54, 1.807) is 14.2 Å². The van der Waals surface area contributed by atoms with Crippen LogP contribution in [-0.2, 0) is 6.42 Å². The molecule has 0 saturated carbocycles. The molecule has 2 N–H and O–H groups in total. The van der Waals surface area contributed by atoms with Crippen LogP contribution in [0.2, 0.25) is 0 Å².